The second-order valence-electron chi connectivity index (χ2n) is 4.04. The quantitative estimate of drug-likeness (QED) is 0.828. The second kappa shape index (κ2) is 6.81. The predicted molar refractivity (Wildman–Crippen MR) is 78.0 cm³/mol. The molecule has 2 heterocycles. The molecule has 104 valence electrons. The van der Waals surface area contributed by atoms with Crippen molar-refractivity contribution in [2.24, 2.45) is 0 Å². The summed E-state index contributed by atoms with van der Waals surface area (Å²) >= 11 is 5.92. The number of aromatic nitrogens is 3. The van der Waals surface area contributed by atoms with Crippen LogP contribution in [0.5, 0.6) is 0 Å². The van der Waals surface area contributed by atoms with Crippen LogP contribution in [0.3, 0.4) is 0 Å². The van der Waals surface area contributed by atoms with Crippen LogP contribution in [-0.4, -0.2) is 27.4 Å². The molecule has 7 heteroatoms. The molecule has 0 spiro atoms. The number of halogens is 1. The molecule has 0 fully saturated rings. The number of hydrogen-bond acceptors (Lipinski definition) is 5. The molecule has 2 rings (SSSR count). The van der Waals surface area contributed by atoms with Gasteiger partial charge in [-0.15, -0.1) is 0 Å². The molecule has 2 aromatic rings. The summed E-state index contributed by atoms with van der Waals surface area (Å²) in [6.07, 6.45) is 5.46. The highest BCUT2D eigenvalue weighted by molar-refractivity contribution is 6.30. The number of nitrogens with zero attached hydrogens (tertiary/aromatic N) is 3. The van der Waals surface area contributed by atoms with Crippen molar-refractivity contribution in [1.29, 1.82) is 0 Å². The number of carbonyl (C=O) groups is 1. The van der Waals surface area contributed by atoms with E-state index in [2.05, 4.69) is 25.6 Å². The van der Waals surface area contributed by atoms with Crippen molar-refractivity contribution >= 4 is 29.1 Å². The smallest absolute Gasteiger partial charge is 0.257 e. The molecule has 0 aliphatic heterocycles. The molecular formula is C13H14ClN5O. The molecule has 2 N–H and O–H groups in total. The minimum Gasteiger partial charge on any atom is -0.370 e. The van der Waals surface area contributed by atoms with E-state index in [0.717, 1.165) is 13.0 Å². The van der Waals surface area contributed by atoms with Gasteiger partial charge in [-0.3, -0.25) is 9.78 Å². The molecule has 0 saturated heterocycles. The van der Waals surface area contributed by atoms with Crippen LogP contribution in [0, 0.1) is 0 Å². The van der Waals surface area contributed by atoms with Crippen molar-refractivity contribution in [3.63, 3.8) is 0 Å². The van der Waals surface area contributed by atoms with Gasteiger partial charge in [0.2, 0.25) is 0 Å². The normalized spacial score (nSPS) is 10.1. The minimum atomic E-state index is -0.311. The summed E-state index contributed by atoms with van der Waals surface area (Å²) in [5.41, 5.74) is 0.411. The van der Waals surface area contributed by atoms with Gasteiger partial charge in [-0.25, -0.2) is 9.97 Å². The lowest BCUT2D eigenvalue weighted by Crippen LogP contribution is -2.14. The maximum absolute atomic E-state index is 12.1. The molecule has 0 bridgehead atoms. The molecule has 0 aromatic carbocycles. The predicted octanol–water partition coefficient (Wildman–Crippen LogP) is 2.60. The van der Waals surface area contributed by atoms with Gasteiger partial charge >= 0.3 is 0 Å². The van der Waals surface area contributed by atoms with E-state index in [1.165, 1.54) is 24.7 Å². The number of carbonyl (C=O) groups excluding carboxylic acids is 1. The van der Waals surface area contributed by atoms with E-state index in [-0.39, 0.29) is 11.1 Å². The first kappa shape index (κ1) is 14.2. The topological polar surface area (TPSA) is 79.8 Å². The van der Waals surface area contributed by atoms with Gasteiger partial charge in [0.15, 0.2) is 5.82 Å². The van der Waals surface area contributed by atoms with Crippen LogP contribution in [0.15, 0.2) is 30.7 Å². The van der Waals surface area contributed by atoms with E-state index in [4.69, 9.17) is 11.6 Å². The third-order valence-corrected chi connectivity index (χ3v) is 2.61. The van der Waals surface area contributed by atoms with Gasteiger partial charge < -0.3 is 10.6 Å². The third-order valence-electron chi connectivity index (χ3n) is 2.42. The van der Waals surface area contributed by atoms with E-state index in [0.29, 0.717) is 17.2 Å². The van der Waals surface area contributed by atoms with Crippen LogP contribution in [-0.2, 0) is 0 Å². The number of nitrogens with one attached hydrogen (secondary N) is 2. The average molecular weight is 292 g/mol. The van der Waals surface area contributed by atoms with Gasteiger partial charge in [0.05, 0.1) is 6.20 Å². The first-order chi connectivity index (χ1) is 9.69. The van der Waals surface area contributed by atoms with Gasteiger partial charge in [-0.1, -0.05) is 18.5 Å². The Kier molecular flexibility index (Phi) is 4.84. The number of pyridine rings is 1. The number of anilines is 2. The highest BCUT2D eigenvalue weighted by atomic mass is 35.5. The van der Waals surface area contributed by atoms with Crippen molar-refractivity contribution in [2.75, 3.05) is 17.2 Å². The van der Waals surface area contributed by atoms with Crippen molar-refractivity contribution in [3.05, 3.63) is 41.4 Å². The van der Waals surface area contributed by atoms with Crippen LogP contribution in [0.4, 0.5) is 11.6 Å². The van der Waals surface area contributed by atoms with Gasteiger partial charge in [-0.05, 0) is 18.6 Å². The van der Waals surface area contributed by atoms with Gasteiger partial charge in [0.1, 0.15) is 11.0 Å². The molecule has 0 aliphatic rings. The van der Waals surface area contributed by atoms with Gasteiger partial charge in [0.25, 0.3) is 5.91 Å². The highest BCUT2D eigenvalue weighted by Gasteiger charge is 2.10. The fourth-order valence-corrected chi connectivity index (χ4v) is 1.73. The van der Waals surface area contributed by atoms with E-state index < -0.39 is 0 Å². The Morgan fingerprint density at radius 1 is 1.30 bits per heavy atom. The molecule has 0 saturated carbocycles. The molecule has 1 amide bonds. The largest absolute Gasteiger partial charge is 0.370 e. The first-order valence-corrected chi connectivity index (χ1v) is 6.55. The molecule has 6 nitrogen and oxygen atoms in total. The van der Waals surface area contributed by atoms with Crippen LogP contribution in [0.2, 0.25) is 5.15 Å². The van der Waals surface area contributed by atoms with Crippen LogP contribution in [0.25, 0.3) is 0 Å². The minimum absolute atomic E-state index is 0.260. The fourth-order valence-electron chi connectivity index (χ4n) is 1.52. The number of amides is 1. The Morgan fingerprint density at radius 3 is 2.85 bits per heavy atom. The van der Waals surface area contributed by atoms with Crippen molar-refractivity contribution < 1.29 is 4.79 Å². The van der Waals surface area contributed by atoms with Gasteiger partial charge in [0, 0.05) is 24.5 Å². The summed E-state index contributed by atoms with van der Waals surface area (Å²) in [4.78, 5) is 24.1. The van der Waals surface area contributed by atoms with Gasteiger partial charge in [-0.2, -0.15) is 0 Å². The second-order valence-corrected chi connectivity index (χ2v) is 4.42. The SMILES string of the molecule is CCCNc1cc(C(=O)Nc2cnccn2)cc(Cl)n1. The van der Waals surface area contributed by atoms with E-state index in [1.807, 2.05) is 6.92 Å². The molecule has 20 heavy (non-hydrogen) atoms. The standard InChI is InChI=1S/C13H14ClN5O/c1-2-3-16-11-7-9(6-10(14)18-11)13(20)19-12-8-15-4-5-17-12/h4-8H,2-3H2,1H3,(H,16,18)(H,17,19,20). The molecule has 0 unspecified atom stereocenters. The highest BCUT2D eigenvalue weighted by Crippen LogP contribution is 2.15. The lowest BCUT2D eigenvalue weighted by Gasteiger charge is -2.08. The lowest BCUT2D eigenvalue weighted by molar-refractivity contribution is 0.102. The third kappa shape index (κ3) is 3.89. The Morgan fingerprint density at radius 2 is 2.15 bits per heavy atom. The van der Waals surface area contributed by atoms with Crippen LogP contribution < -0.4 is 10.6 Å². The lowest BCUT2D eigenvalue weighted by atomic mass is 10.2. The Labute approximate surface area is 121 Å². The summed E-state index contributed by atoms with van der Waals surface area (Å²) < 4.78 is 0. The molecule has 0 radical (unpaired) electrons. The first-order valence-electron chi connectivity index (χ1n) is 6.18. The zero-order chi connectivity index (χ0) is 14.4. The summed E-state index contributed by atoms with van der Waals surface area (Å²) in [6, 6.07) is 3.15. The fraction of sp³-hybridized carbons (Fsp3) is 0.231. The monoisotopic (exact) mass is 291 g/mol. The molecular weight excluding hydrogens is 278 g/mol. The molecule has 0 aliphatic carbocycles. The number of hydrogen-bond donors (Lipinski definition) is 2. The zero-order valence-corrected chi connectivity index (χ0v) is 11.7. The Hall–Kier alpha value is -2.21. The van der Waals surface area contributed by atoms with Crippen molar-refractivity contribution in [1.82, 2.24) is 15.0 Å². The Bertz CT molecular complexity index is 591. The summed E-state index contributed by atoms with van der Waals surface area (Å²) in [6.45, 7) is 2.80. The average Bonchev–Trinajstić information content (AvgIpc) is 2.45. The molecule has 0 atom stereocenters. The van der Waals surface area contributed by atoms with Crippen molar-refractivity contribution in [2.45, 2.75) is 13.3 Å². The summed E-state index contributed by atoms with van der Waals surface area (Å²) in [5, 5.41) is 5.99. The van der Waals surface area contributed by atoms with Crippen LogP contribution in [0.1, 0.15) is 23.7 Å². The Balaban J connectivity index is 2.15. The van der Waals surface area contributed by atoms with Crippen molar-refractivity contribution in [3.8, 4) is 0 Å². The van der Waals surface area contributed by atoms with Crippen LogP contribution >= 0.6 is 11.6 Å². The maximum Gasteiger partial charge on any atom is 0.257 e. The van der Waals surface area contributed by atoms with E-state index in [1.54, 1.807) is 6.07 Å². The number of rotatable bonds is 5. The van der Waals surface area contributed by atoms with E-state index in [9.17, 15) is 4.79 Å². The van der Waals surface area contributed by atoms with E-state index >= 15 is 0 Å². The summed E-state index contributed by atoms with van der Waals surface area (Å²) in [5.74, 6) is 0.645. The zero-order valence-electron chi connectivity index (χ0n) is 10.9. The molecule has 2 aromatic heterocycles. The summed E-state index contributed by atoms with van der Waals surface area (Å²) in [7, 11) is 0. The maximum atomic E-state index is 12.1.